The first-order valence-electron chi connectivity index (χ1n) is 9.31. The van der Waals surface area contributed by atoms with Crippen LogP contribution in [0.5, 0.6) is 0 Å². The van der Waals surface area contributed by atoms with E-state index in [2.05, 4.69) is 16.0 Å². The Morgan fingerprint density at radius 3 is 2.59 bits per heavy atom. The number of hydrogen-bond acceptors (Lipinski definition) is 3. The van der Waals surface area contributed by atoms with Crippen molar-refractivity contribution in [1.82, 2.24) is 5.32 Å². The summed E-state index contributed by atoms with van der Waals surface area (Å²) in [5.41, 5.74) is 8.52. The van der Waals surface area contributed by atoms with Crippen LogP contribution in [0.4, 0.5) is 16.2 Å². The molecule has 0 radical (unpaired) electrons. The fourth-order valence-corrected chi connectivity index (χ4v) is 3.46. The summed E-state index contributed by atoms with van der Waals surface area (Å²) >= 11 is 0. The number of rotatable bonds is 5. The van der Waals surface area contributed by atoms with Crippen LogP contribution in [0.25, 0.3) is 0 Å². The molecule has 27 heavy (non-hydrogen) atoms. The Morgan fingerprint density at radius 2 is 1.85 bits per heavy atom. The monoisotopic (exact) mass is 366 g/mol. The largest absolute Gasteiger partial charge is 0.349 e. The van der Waals surface area contributed by atoms with Crippen molar-refractivity contribution < 1.29 is 9.59 Å². The summed E-state index contributed by atoms with van der Waals surface area (Å²) in [6.45, 7) is 2.48. The molecule has 3 rings (SSSR count). The standard InChI is InChI=1S/C21H26N4O2/c1-14-10-11-15(20(26)24-18-9-5-6-16(18)13-22)12-19(14)25-21(27)23-17-7-3-2-4-8-17/h2-4,7-8,10-12,16,18H,5-6,9,13,22H2,1H3,(H,24,26)(H2,23,25,27). The van der Waals surface area contributed by atoms with Crippen LogP contribution >= 0.6 is 0 Å². The van der Waals surface area contributed by atoms with E-state index in [0.29, 0.717) is 29.4 Å². The summed E-state index contributed by atoms with van der Waals surface area (Å²) in [6.07, 6.45) is 3.11. The number of hydrogen-bond donors (Lipinski definition) is 4. The highest BCUT2D eigenvalue weighted by atomic mass is 16.2. The normalized spacial score (nSPS) is 18.7. The van der Waals surface area contributed by atoms with Gasteiger partial charge in [-0.15, -0.1) is 0 Å². The first kappa shape index (κ1) is 18.9. The van der Waals surface area contributed by atoms with Crippen molar-refractivity contribution in [2.24, 2.45) is 11.7 Å². The third kappa shape index (κ3) is 4.86. The average Bonchev–Trinajstić information content (AvgIpc) is 3.11. The smallest absolute Gasteiger partial charge is 0.323 e. The summed E-state index contributed by atoms with van der Waals surface area (Å²) in [5, 5.41) is 8.68. The van der Waals surface area contributed by atoms with E-state index < -0.39 is 0 Å². The Bertz CT molecular complexity index is 807. The lowest BCUT2D eigenvalue weighted by molar-refractivity contribution is 0.0929. The lowest BCUT2D eigenvalue weighted by Gasteiger charge is -2.20. The summed E-state index contributed by atoms with van der Waals surface area (Å²) in [5.74, 6) is 0.209. The minimum absolute atomic E-state index is 0.126. The number of benzene rings is 2. The number of urea groups is 1. The summed E-state index contributed by atoms with van der Waals surface area (Å²) in [4.78, 5) is 24.9. The molecule has 3 amide bonds. The molecule has 2 unspecified atom stereocenters. The molecule has 2 atom stereocenters. The van der Waals surface area contributed by atoms with E-state index in [-0.39, 0.29) is 18.0 Å². The van der Waals surface area contributed by atoms with Crippen molar-refractivity contribution >= 4 is 23.3 Å². The Labute approximate surface area is 159 Å². The molecule has 0 aliphatic heterocycles. The maximum Gasteiger partial charge on any atom is 0.323 e. The molecule has 2 aromatic carbocycles. The van der Waals surface area contributed by atoms with Gasteiger partial charge in [-0.25, -0.2) is 4.79 Å². The van der Waals surface area contributed by atoms with Crippen LogP contribution in [0.15, 0.2) is 48.5 Å². The quantitative estimate of drug-likeness (QED) is 0.652. The number of carbonyl (C=O) groups excluding carboxylic acids is 2. The van der Waals surface area contributed by atoms with Gasteiger partial charge in [-0.3, -0.25) is 4.79 Å². The van der Waals surface area contributed by atoms with Crippen LogP contribution in [0.1, 0.15) is 35.2 Å². The van der Waals surface area contributed by atoms with Crippen molar-refractivity contribution in [1.29, 1.82) is 0 Å². The molecule has 1 aliphatic rings. The Hall–Kier alpha value is -2.86. The molecular weight excluding hydrogens is 340 g/mol. The number of amides is 3. The van der Waals surface area contributed by atoms with E-state index in [0.717, 1.165) is 24.8 Å². The van der Waals surface area contributed by atoms with Crippen molar-refractivity contribution in [3.63, 3.8) is 0 Å². The predicted molar refractivity (Wildman–Crippen MR) is 108 cm³/mol. The minimum Gasteiger partial charge on any atom is -0.349 e. The van der Waals surface area contributed by atoms with Gasteiger partial charge in [-0.05, 0) is 62.1 Å². The van der Waals surface area contributed by atoms with E-state index >= 15 is 0 Å². The van der Waals surface area contributed by atoms with E-state index in [9.17, 15) is 9.59 Å². The Balaban J connectivity index is 1.66. The molecule has 142 valence electrons. The molecule has 0 heterocycles. The predicted octanol–water partition coefficient (Wildman–Crippen LogP) is 3.50. The fraction of sp³-hybridized carbons (Fsp3) is 0.333. The highest BCUT2D eigenvalue weighted by molar-refractivity contribution is 6.02. The first-order valence-corrected chi connectivity index (χ1v) is 9.31. The van der Waals surface area contributed by atoms with Crippen LogP contribution < -0.4 is 21.7 Å². The zero-order chi connectivity index (χ0) is 19.2. The molecule has 6 heteroatoms. The van der Waals surface area contributed by atoms with Crippen molar-refractivity contribution in [3.8, 4) is 0 Å². The van der Waals surface area contributed by atoms with Gasteiger partial charge >= 0.3 is 6.03 Å². The second-order valence-electron chi connectivity index (χ2n) is 6.98. The number of para-hydroxylation sites is 1. The van der Waals surface area contributed by atoms with Gasteiger partial charge in [0, 0.05) is 23.0 Å². The molecule has 1 fully saturated rings. The summed E-state index contributed by atoms with van der Waals surface area (Å²) < 4.78 is 0. The second kappa shape index (κ2) is 8.68. The molecule has 2 aromatic rings. The van der Waals surface area contributed by atoms with Crippen LogP contribution in [-0.4, -0.2) is 24.5 Å². The molecular formula is C21H26N4O2. The zero-order valence-electron chi connectivity index (χ0n) is 15.5. The minimum atomic E-state index is -0.346. The Morgan fingerprint density at radius 1 is 1.07 bits per heavy atom. The van der Waals surface area contributed by atoms with E-state index in [4.69, 9.17) is 5.73 Å². The number of aryl methyl sites for hydroxylation is 1. The number of carbonyl (C=O) groups is 2. The average molecular weight is 366 g/mol. The number of anilines is 2. The molecule has 1 aliphatic carbocycles. The van der Waals surface area contributed by atoms with Gasteiger partial charge in [0.05, 0.1) is 0 Å². The second-order valence-corrected chi connectivity index (χ2v) is 6.98. The lowest BCUT2D eigenvalue weighted by atomic mass is 10.0. The molecule has 0 spiro atoms. The summed E-state index contributed by atoms with van der Waals surface area (Å²) in [7, 11) is 0. The molecule has 5 N–H and O–H groups in total. The molecule has 0 saturated heterocycles. The van der Waals surface area contributed by atoms with Crippen molar-refractivity contribution in [2.75, 3.05) is 17.2 Å². The number of nitrogens with two attached hydrogens (primary N) is 1. The molecule has 6 nitrogen and oxygen atoms in total. The Kier molecular flexibility index (Phi) is 6.08. The summed E-state index contributed by atoms with van der Waals surface area (Å²) in [6, 6.07) is 14.3. The molecule has 0 aromatic heterocycles. The first-order chi connectivity index (χ1) is 13.1. The SMILES string of the molecule is Cc1ccc(C(=O)NC2CCCC2CN)cc1NC(=O)Nc1ccccc1. The fourth-order valence-electron chi connectivity index (χ4n) is 3.46. The van der Waals surface area contributed by atoms with Gasteiger partial charge in [0.2, 0.25) is 0 Å². The van der Waals surface area contributed by atoms with Crippen molar-refractivity contribution in [2.45, 2.75) is 32.2 Å². The zero-order valence-corrected chi connectivity index (χ0v) is 15.5. The van der Waals surface area contributed by atoms with E-state index in [1.165, 1.54) is 0 Å². The number of nitrogens with one attached hydrogen (secondary N) is 3. The van der Waals surface area contributed by atoms with Crippen LogP contribution in [0, 0.1) is 12.8 Å². The van der Waals surface area contributed by atoms with E-state index in [1.54, 1.807) is 12.1 Å². The van der Waals surface area contributed by atoms with Gasteiger partial charge in [0.25, 0.3) is 5.91 Å². The van der Waals surface area contributed by atoms with Gasteiger partial charge in [0.15, 0.2) is 0 Å². The highest BCUT2D eigenvalue weighted by Gasteiger charge is 2.27. The highest BCUT2D eigenvalue weighted by Crippen LogP contribution is 2.25. The maximum absolute atomic E-state index is 12.6. The van der Waals surface area contributed by atoms with Crippen molar-refractivity contribution in [3.05, 3.63) is 59.7 Å². The third-order valence-corrected chi connectivity index (χ3v) is 5.06. The maximum atomic E-state index is 12.6. The van der Waals surface area contributed by atoms with Gasteiger partial charge < -0.3 is 21.7 Å². The van der Waals surface area contributed by atoms with Crippen LogP contribution in [0.3, 0.4) is 0 Å². The van der Waals surface area contributed by atoms with Gasteiger partial charge in [-0.2, -0.15) is 0 Å². The van der Waals surface area contributed by atoms with Crippen LogP contribution in [0.2, 0.25) is 0 Å². The van der Waals surface area contributed by atoms with Gasteiger partial charge in [-0.1, -0.05) is 30.7 Å². The third-order valence-electron chi connectivity index (χ3n) is 5.06. The van der Waals surface area contributed by atoms with E-state index in [1.807, 2.05) is 43.3 Å². The lowest BCUT2D eigenvalue weighted by Crippen LogP contribution is -2.39. The molecule has 1 saturated carbocycles. The van der Waals surface area contributed by atoms with Gasteiger partial charge in [0.1, 0.15) is 0 Å². The van der Waals surface area contributed by atoms with Crippen LogP contribution in [-0.2, 0) is 0 Å². The topological polar surface area (TPSA) is 96.2 Å². The molecule has 0 bridgehead atoms.